The minimum absolute atomic E-state index is 0.0968. The maximum atomic E-state index is 13.0. The normalized spacial score (nSPS) is 15.3. The molecule has 1 N–H and O–H groups in total. The highest BCUT2D eigenvalue weighted by Gasteiger charge is 2.28. The van der Waals surface area contributed by atoms with Crippen molar-refractivity contribution in [2.75, 3.05) is 6.61 Å². The Balaban J connectivity index is 1.67. The van der Waals surface area contributed by atoms with Gasteiger partial charge in [-0.05, 0) is 72.2 Å². The van der Waals surface area contributed by atoms with Crippen LogP contribution in [0.1, 0.15) is 44.6 Å². The molecule has 0 aromatic heterocycles. The standard InChI is InChI=1S/C24H29IN2O3/c1-18(24(29)26-21-10-6-3-7-11-21)27(16-19-8-4-2-5-9-19)23(28)17-30-22-14-12-20(25)13-15-22/h2,4-5,8-9,12-15,18,21H,3,6-7,10-11,16-17H2,1H3,(H,26,29). The minimum Gasteiger partial charge on any atom is -0.484 e. The number of amides is 2. The van der Waals surface area contributed by atoms with Gasteiger partial charge < -0.3 is 15.0 Å². The van der Waals surface area contributed by atoms with E-state index in [0.29, 0.717) is 12.3 Å². The zero-order chi connectivity index (χ0) is 21.3. The van der Waals surface area contributed by atoms with Crippen LogP contribution >= 0.6 is 22.6 Å². The number of carbonyl (C=O) groups excluding carboxylic acids is 2. The van der Waals surface area contributed by atoms with Crippen molar-refractivity contribution < 1.29 is 14.3 Å². The first kappa shape index (κ1) is 22.6. The van der Waals surface area contributed by atoms with Gasteiger partial charge in [0.05, 0.1) is 0 Å². The molecule has 1 saturated carbocycles. The third-order valence-corrected chi connectivity index (χ3v) is 6.21. The number of halogens is 1. The lowest BCUT2D eigenvalue weighted by molar-refractivity contribution is -0.142. The summed E-state index contributed by atoms with van der Waals surface area (Å²) in [6.45, 7) is 2.06. The SMILES string of the molecule is CC(C(=O)NC1CCCCC1)N(Cc1ccccc1)C(=O)COc1ccc(I)cc1. The summed E-state index contributed by atoms with van der Waals surface area (Å²) < 4.78 is 6.80. The number of nitrogens with zero attached hydrogens (tertiary/aromatic N) is 1. The molecule has 160 valence electrons. The number of benzene rings is 2. The van der Waals surface area contributed by atoms with Gasteiger partial charge in [0.15, 0.2) is 6.61 Å². The summed E-state index contributed by atoms with van der Waals surface area (Å²) in [7, 11) is 0. The summed E-state index contributed by atoms with van der Waals surface area (Å²) in [6, 6.07) is 16.9. The molecule has 2 amide bonds. The van der Waals surface area contributed by atoms with Crippen LogP contribution < -0.4 is 10.1 Å². The summed E-state index contributed by atoms with van der Waals surface area (Å²) >= 11 is 2.22. The summed E-state index contributed by atoms with van der Waals surface area (Å²) in [5.41, 5.74) is 0.984. The summed E-state index contributed by atoms with van der Waals surface area (Å²) in [5.74, 6) is 0.340. The summed E-state index contributed by atoms with van der Waals surface area (Å²) in [4.78, 5) is 27.6. The minimum atomic E-state index is -0.569. The molecule has 6 heteroatoms. The van der Waals surface area contributed by atoms with Crippen molar-refractivity contribution in [2.45, 2.75) is 57.7 Å². The Hall–Kier alpha value is -2.09. The van der Waals surface area contributed by atoms with Crippen molar-refractivity contribution >= 4 is 34.4 Å². The Morgan fingerprint density at radius 1 is 1.07 bits per heavy atom. The van der Waals surface area contributed by atoms with Crippen molar-refractivity contribution in [2.24, 2.45) is 0 Å². The second-order valence-electron chi connectivity index (χ2n) is 7.77. The van der Waals surface area contributed by atoms with E-state index in [-0.39, 0.29) is 24.5 Å². The summed E-state index contributed by atoms with van der Waals surface area (Å²) in [5, 5.41) is 3.15. The van der Waals surface area contributed by atoms with Crippen LogP contribution in [0.4, 0.5) is 0 Å². The molecule has 1 fully saturated rings. The molecule has 3 rings (SSSR count). The zero-order valence-corrected chi connectivity index (χ0v) is 19.5. The van der Waals surface area contributed by atoms with Crippen LogP contribution in [0.2, 0.25) is 0 Å². The maximum Gasteiger partial charge on any atom is 0.261 e. The first-order valence-electron chi connectivity index (χ1n) is 10.5. The van der Waals surface area contributed by atoms with Gasteiger partial charge in [-0.15, -0.1) is 0 Å². The quantitative estimate of drug-likeness (QED) is 0.521. The first-order valence-corrected chi connectivity index (χ1v) is 11.6. The average molecular weight is 520 g/mol. The molecule has 1 atom stereocenters. The van der Waals surface area contributed by atoms with Crippen LogP contribution in [0.3, 0.4) is 0 Å². The van der Waals surface area contributed by atoms with Gasteiger partial charge >= 0.3 is 0 Å². The monoisotopic (exact) mass is 520 g/mol. The Morgan fingerprint density at radius 2 is 1.73 bits per heavy atom. The summed E-state index contributed by atoms with van der Waals surface area (Å²) in [6.07, 6.45) is 5.56. The largest absolute Gasteiger partial charge is 0.484 e. The van der Waals surface area contributed by atoms with E-state index in [2.05, 4.69) is 27.9 Å². The van der Waals surface area contributed by atoms with Crippen LogP contribution in [0.25, 0.3) is 0 Å². The molecular weight excluding hydrogens is 491 g/mol. The van der Waals surface area contributed by atoms with Gasteiger partial charge in [0.25, 0.3) is 5.91 Å². The Kier molecular flexibility index (Phi) is 8.54. The molecule has 0 radical (unpaired) electrons. The number of rotatable bonds is 8. The highest BCUT2D eigenvalue weighted by Crippen LogP contribution is 2.19. The molecule has 2 aromatic rings. The van der Waals surface area contributed by atoms with E-state index in [1.54, 1.807) is 11.8 Å². The predicted molar refractivity (Wildman–Crippen MR) is 126 cm³/mol. The van der Waals surface area contributed by atoms with Gasteiger partial charge in [-0.1, -0.05) is 49.6 Å². The van der Waals surface area contributed by atoms with E-state index < -0.39 is 6.04 Å². The third-order valence-electron chi connectivity index (χ3n) is 5.49. The number of carbonyl (C=O) groups is 2. The Morgan fingerprint density at radius 3 is 2.40 bits per heavy atom. The molecule has 5 nitrogen and oxygen atoms in total. The number of ether oxygens (including phenoxy) is 1. The van der Waals surface area contributed by atoms with E-state index in [4.69, 9.17) is 4.74 Å². The van der Waals surface area contributed by atoms with E-state index in [1.165, 1.54) is 6.42 Å². The number of hydrogen-bond donors (Lipinski definition) is 1. The molecule has 0 aliphatic heterocycles. The average Bonchev–Trinajstić information content (AvgIpc) is 2.78. The van der Waals surface area contributed by atoms with Crippen molar-refractivity contribution in [3.8, 4) is 5.75 Å². The van der Waals surface area contributed by atoms with Gasteiger partial charge in [-0.3, -0.25) is 9.59 Å². The van der Waals surface area contributed by atoms with Gasteiger partial charge in [-0.25, -0.2) is 0 Å². The van der Waals surface area contributed by atoms with Crippen LogP contribution in [0.15, 0.2) is 54.6 Å². The molecule has 1 aliphatic carbocycles. The molecule has 0 saturated heterocycles. The second-order valence-corrected chi connectivity index (χ2v) is 9.01. The van der Waals surface area contributed by atoms with Crippen LogP contribution in [0, 0.1) is 3.57 Å². The van der Waals surface area contributed by atoms with Crippen molar-refractivity contribution in [3.05, 3.63) is 63.7 Å². The lowest BCUT2D eigenvalue weighted by Crippen LogP contribution is -2.51. The fourth-order valence-corrected chi connectivity index (χ4v) is 4.05. The molecule has 1 unspecified atom stereocenters. The van der Waals surface area contributed by atoms with Crippen LogP contribution in [-0.4, -0.2) is 35.4 Å². The third kappa shape index (κ3) is 6.72. The molecule has 2 aromatic carbocycles. The topological polar surface area (TPSA) is 58.6 Å². The van der Waals surface area contributed by atoms with E-state index >= 15 is 0 Å². The predicted octanol–water partition coefficient (Wildman–Crippen LogP) is 4.54. The van der Waals surface area contributed by atoms with E-state index in [1.807, 2.05) is 54.6 Å². The van der Waals surface area contributed by atoms with Crippen LogP contribution in [-0.2, 0) is 16.1 Å². The van der Waals surface area contributed by atoms with Crippen molar-refractivity contribution in [1.82, 2.24) is 10.2 Å². The van der Waals surface area contributed by atoms with Gasteiger partial charge in [0, 0.05) is 16.2 Å². The Labute approximate surface area is 192 Å². The maximum absolute atomic E-state index is 13.0. The van der Waals surface area contributed by atoms with E-state index in [9.17, 15) is 9.59 Å². The molecular formula is C24H29IN2O3. The zero-order valence-electron chi connectivity index (χ0n) is 17.4. The second kappa shape index (κ2) is 11.3. The molecule has 0 heterocycles. The molecule has 0 bridgehead atoms. The number of nitrogens with one attached hydrogen (secondary N) is 1. The highest BCUT2D eigenvalue weighted by atomic mass is 127. The van der Waals surface area contributed by atoms with Gasteiger partial charge in [-0.2, -0.15) is 0 Å². The Bertz CT molecular complexity index is 820. The van der Waals surface area contributed by atoms with Crippen molar-refractivity contribution in [3.63, 3.8) is 0 Å². The molecule has 30 heavy (non-hydrogen) atoms. The highest BCUT2D eigenvalue weighted by molar-refractivity contribution is 14.1. The fourth-order valence-electron chi connectivity index (χ4n) is 3.69. The van der Waals surface area contributed by atoms with Crippen molar-refractivity contribution in [1.29, 1.82) is 0 Å². The fraction of sp³-hybridized carbons (Fsp3) is 0.417. The number of hydrogen-bond acceptors (Lipinski definition) is 3. The van der Waals surface area contributed by atoms with Gasteiger partial charge in [0.1, 0.15) is 11.8 Å². The van der Waals surface area contributed by atoms with Gasteiger partial charge in [0.2, 0.25) is 5.91 Å². The smallest absolute Gasteiger partial charge is 0.261 e. The van der Waals surface area contributed by atoms with E-state index in [0.717, 1.165) is 34.8 Å². The first-order chi connectivity index (χ1) is 14.5. The molecule has 1 aliphatic rings. The van der Waals surface area contributed by atoms with Crippen LogP contribution in [0.5, 0.6) is 5.75 Å². The molecule has 0 spiro atoms. The lowest BCUT2D eigenvalue weighted by atomic mass is 9.95. The lowest BCUT2D eigenvalue weighted by Gasteiger charge is -2.31.